The smallest absolute Gasteiger partial charge is 0.270 e. The second-order valence-electron chi connectivity index (χ2n) is 5.74. The average molecular weight is 346 g/mol. The molecule has 0 radical (unpaired) electrons. The molecule has 2 amide bonds. The molecule has 0 unspecified atom stereocenters. The largest absolute Gasteiger partial charge is 0.347 e. The van der Waals surface area contributed by atoms with Gasteiger partial charge in [-0.1, -0.05) is 24.3 Å². The van der Waals surface area contributed by atoms with Crippen molar-refractivity contribution in [1.29, 1.82) is 0 Å². The van der Waals surface area contributed by atoms with E-state index in [4.69, 9.17) is 0 Å². The molecule has 0 atom stereocenters. The van der Waals surface area contributed by atoms with Gasteiger partial charge in [-0.15, -0.1) is 0 Å². The van der Waals surface area contributed by atoms with Crippen molar-refractivity contribution in [2.45, 2.75) is 13.5 Å². The molecule has 130 valence electrons. The van der Waals surface area contributed by atoms with Gasteiger partial charge in [0.1, 0.15) is 5.69 Å². The highest BCUT2D eigenvalue weighted by atomic mass is 16.2. The molecule has 0 aliphatic rings. The average Bonchev–Trinajstić information content (AvgIpc) is 2.69. The van der Waals surface area contributed by atoms with Gasteiger partial charge in [-0.05, 0) is 42.3 Å². The van der Waals surface area contributed by atoms with Crippen molar-refractivity contribution in [1.82, 2.24) is 15.3 Å². The first-order valence-corrected chi connectivity index (χ1v) is 8.13. The highest BCUT2D eigenvalue weighted by molar-refractivity contribution is 6.06. The molecule has 0 bridgehead atoms. The Labute approximate surface area is 151 Å². The molecule has 2 aromatic heterocycles. The maximum Gasteiger partial charge on any atom is 0.270 e. The van der Waals surface area contributed by atoms with Crippen LogP contribution < -0.4 is 10.6 Å². The van der Waals surface area contributed by atoms with Crippen LogP contribution in [0.5, 0.6) is 0 Å². The number of amides is 2. The van der Waals surface area contributed by atoms with Crippen LogP contribution in [-0.2, 0) is 6.54 Å². The Morgan fingerprint density at radius 2 is 1.85 bits per heavy atom. The van der Waals surface area contributed by atoms with E-state index in [0.29, 0.717) is 12.1 Å². The zero-order valence-corrected chi connectivity index (χ0v) is 14.3. The van der Waals surface area contributed by atoms with E-state index in [2.05, 4.69) is 20.6 Å². The summed E-state index contributed by atoms with van der Waals surface area (Å²) in [5.41, 5.74) is 3.14. The van der Waals surface area contributed by atoms with Crippen LogP contribution in [0.2, 0.25) is 0 Å². The summed E-state index contributed by atoms with van der Waals surface area (Å²) >= 11 is 0. The molecule has 26 heavy (non-hydrogen) atoms. The number of nitrogens with one attached hydrogen (secondary N) is 2. The van der Waals surface area contributed by atoms with Gasteiger partial charge in [0, 0.05) is 36.4 Å². The number of hydrogen-bond acceptors (Lipinski definition) is 4. The van der Waals surface area contributed by atoms with E-state index in [1.165, 1.54) is 12.3 Å². The minimum atomic E-state index is -0.348. The quantitative estimate of drug-likeness (QED) is 0.744. The standard InChI is InChI=1S/C20H18N4O2/c1-14-5-2-3-7-17(14)24-19(25)16-8-10-22-18(11-16)20(26)23-13-15-6-4-9-21-12-15/h2-12H,13H2,1H3,(H,23,26)(H,24,25). The fourth-order valence-corrected chi connectivity index (χ4v) is 2.38. The van der Waals surface area contributed by atoms with Crippen LogP contribution in [0, 0.1) is 6.92 Å². The third-order valence-corrected chi connectivity index (χ3v) is 3.82. The molecule has 6 heteroatoms. The summed E-state index contributed by atoms with van der Waals surface area (Å²) in [4.78, 5) is 32.8. The Balaban J connectivity index is 1.68. The van der Waals surface area contributed by atoms with E-state index in [9.17, 15) is 9.59 Å². The van der Waals surface area contributed by atoms with Gasteiger partial charge in [-0.2, -0.15) is 0 Å². The fraction of sp³-hybridized carbons (Fsp3) is 0.100. The van der Waals surface area contributed by atoms with E-state index in [1.807, 2.05) is 37.3 Å². The molecule has 0 aliphatic heterocycles. The lowest BCUT2D eigenvalue weighted by atomic mass is 10.1. The van der Waals surface area contributed by atoms with Crippen LogP contribution in [0.1, 0.15) is 32.0 Å². The van der Waals surface area contributed by atoms with Gasteiger partial charge in [0.15, 0.2) is 0 Å². The van der Waals surface area contributed by atoms with Crippen molar-refractivity contribution < 1.29 is 9.59 Å². The maximum atomic E-state index is 12.4. The van der Waals surface area contributed by atoms with E-state index in [0.717, 1.165) is 16.8 Å². The highest BCUT2D eigenvalue weighted by Gasteiger charge is 2.12. The van der Waals surface area contributed by atoms with Crippen molar-refractivity contribution in [3.8, 4) is 0 Å². The Kier molecular flexibility index (Phi) is 5.34. The molecule has 3 rings (SSSR count). The molecule has 2 heterocycles. The van der Waals surface area contributed by atoms with Crippen molar-refractivity contribution in [3.63, 3.8) is 0 Å². The third-order valence-electron chi connectivity index (χ3n) is 3.82. The summed E-state index contributed by atoms with van der Waals surface area (Å²) < 4.78 is 0. The number of aryl methyl sites for hydroxylation is 1. The monoisotopic (exact) mass is 346 g/mol. The number of carbonyl (C=O) groups excluding carboxylic acids is 2. The molecular formula is C20H18N4O2. The molecule has 0 spiro atoms. The van der Waals surface area contributed by atoms with E-state index < -0.39 is 0 Å². The van der Waals surface area contributed by atoms with Gasteiger partial charge in [-0.25, -0.2) is 0 Å². The van der Waals surface area contributed by atoms with Gasteiger partial charge in [0.25, 0.3) is 11.8 Å². The Morgan fingerprint density at radius 1 is 1.00 bits per heavy atom. The normalized spacial score (nSPS) is 10.2. The number of nitrogens with zero attached hydrogens (tertiary/aromatic N) is 2. The molecule has 0 saturated carbocycles. The molecule has 0 saturated heterocycles. The van der Waals surface area contributed by atoms with Gasteiger partial charge >= 0.3 is 0 Å². The van der Waals surface area contributed by atoms with E-state index >= 15 is 0 Å². The summed E-state index contributed by atoms with van der Waals surface area (Å²) in [6.07, 6.45) is 4.80. The zero-order chi connectivity index (χ0) is 18.4. The number of pyridine rings is 2. The van der Waals surface area contributed by atoms with Gasteiger partial charge in [0.2, 0.25) is 0 Å². The van der Waals surface area contributed by atoms with Crippen molar-refractivity contribution in [2.24, 2.45) is 0 Å². The summed E-state index contributed by atoms with van der Waals surface area (Å²) in [6.45, 7) is 2.26. The van der Waals surface area contributed by atoms with Crippen LogP contribution >= 0.6 is 0 Å². The molecule has 0 fully saturated rings. The molecular weight excluding hydrogens is 328 g/mol. The fourth-order valence-electron chi connectivity index (χ4n) is 2.38. The van der Waals surface area contributed by atoms with Gasteiger partial charge in [0.05, 0.1) is 0 Å². The second kappa shape index (κ2) is 8.02. The molecule has 1 aromatic carbocycles. The van der Waals surface area contributed by atoms with Crippen molar-refractivity contribution in [2.75, 3.05) is 5.32 Å². The lowest BCUT2D eigenvalue weighted by molar-refractivity contribution is 0.0946. The van der Waals surface area contributed by atoms with Crippen molar-refractivity contribution in [3.05, 3.63) is 89.5 Å². The lowest BCUT2D eigenvalue weighted by Crippen LogP contribution is -2.24. The van der Waals surface area contributed by atoms with E-state index in [-0.39, 0.29) is 17.5 Å². The lowest BCUT2D eigenvalue weighted by Gasteiger charge is -2.09. The number of benzene rings is 1. The Bertz CT molecular complexity index is 926. The third kappa shape index (κ3) is 4.30. The van der Waals surface area contributed by atoms with Crippen LogP contribution in [-0.4, -0.2) is 21.8 Å². The van der Waals surface area contributed by atoms with Gasteiger partial charge in [-0.3, -0.25) is 19.6 Å². The first kappa shape index (κ1) is 17.3. The number of anilines is 1. The van der Waals surface area contributed by atoms with Gasteiger partial charge < -0.3 is 10.6 Å². The summed E-state index contributed by atoms with van der Waals surface area (Å²) in [5, 5.41) is 5.61. The van der Waals surface area contributed by atoms with Crippen LogP contribution in [0.25, 0.3) is 0 Å². The molecule has 3 aromatic rings. The minimum Gasteiger partial charge on any atom is -0.347 e. The Morgan fingerprint density at radius 3 is 2.62 bits per heavy atom. The molecule has 6 nitrogen and oxygen atoms in total. The molecule has 0 aliphatic carbocycles. The number of hydrogen-bond donors (Lipinski definition) is 2. The maximum absolute atomic E-state index is 12.4. The topological polar surface area (TPSA) is 84.0 Å². The first-order valence-electron chi connectivity index (χ1n) is 8.13. The van der Waals surface area contributed by atoms with Crippen LogP contribution in [0.4, 0.5) is 5.69 Å². The van der Waals surface area contributed by atoms with Crippen molar-refractivity contribution >= 4 is 17.5 Å². The van der Waals surface area contributed by atoms with Crippen LogP contribution in [0.15, 0.2) is 67.1 Å². The minimum absolute atomic E-state index is 0.186. The number of rotatable bonds is 5. The number of carbonyl (C=O) groups is 2. The SMILES string of the molecule is Cc1ccccc1NC(=O)c1ccnc(C(=O)NCc2cccnc2)c1. The predicted molar refractivity (Wildman–Crippen MR) is 98.8 cm³/mol. The van der Waals surface area contributed by atoms with Crippen LogP contribution in [0.3, 0.4) is 0 Å². The first-order chi connectivity index (χ1) is 12.6. The highest BCUT2D eigenvalue weighted by Crippen LogP contribution is 2.15. The number of aromatic nitrogens is 2. The number of para-hydroxylation sites is 1. The summed E-state index contributed by atoms with van der Waals surface area (Å²) in [7, 11) is 0. The molecule has 2 N–H and O–H groups in total. The zero-order valence-electron chi connectivity index (χ0n) is 14.3. The predicted octanol–water partition coefficient (Wildman–Crippen LogP) is 2.97. The Hall–Kier alpha value is -3.54. The second-order valence-corrected chi connectivity index (χ2v) is 5.74. The van der Waals surface area contributed by atoms with E-state index in [1.54, 1.807) is 24.5 Å². The summed E-state index contributed by atoms with van der Waals surface area (Å²) in [6, 6.07) is 14.2. The summed E-state index contributed by atoms with van der Waals surface area (Å²) in [5.74, 6) is -0.637.